The van der Waals surface area contributed by atoms with Crippen LogP contribution in [0.4, 0.5) is 5.69 Å². The van der Waals surface area contributed by atoms with Crippen LogP contribution in [-0.4, -0.2) is 28.1 Å². The topological polar surface area (TPSA) is 122 Å². The van der Waals surface area contributed by atoms with Gasteiger partial charge in [-0.15, -0.1) is 0 Å². The highest BCUT2D eigenvalue weighted by Gasteiger charge is 2.22. The van der Waals surface area contributed by atoms with Crippen molar-refractivity contribution in [1.29, 1.82) is 5.26 Å². The molecule has 0 saturated heterocycles. The summed E-state index contributed by atoms with van der Waals surface area (Å²) in [5.74, 6) is -1.90. The van der Waals surface area contributed by atoms with Crippen LogP contribution in [0.2, 0.25) is 0 Å². The zero-order chi connectivity index (χ0) is 18.3. The molecule has 1 aromatic carbocycles. The van der Waals surface area contributed by atoms with Gasteiger partial charge >= 0.3 is 5.97 Å². The highest BCUT2D eigenvalue weighted by atomic mass is 16.4. The number of aromatic hydroxyl groups is 1. The summed E-state index contributed by atoms with van der Waals surface area (Å²) in [6, 6.07) is 5.50. The molecule has 1 atom stereocenters. The zero-order valence-corrected chi connectivity index (χ0v) is 13.8. The Balaban J connectivity index is 2.87. The minimum Gasteiger partial charge on any atom is -0.506 e. The van der Waals surface area contributed by atoms with Crippen LogP contribution in [-0.2, 0) is 9.59 Å². The lowest BCUT2D eigenvalue weighted by Crippen LogP contribution is -2.42. The number of anilines is 1. The van der Waals surface area contributed by atoms with E-state index in [1.165, 1.54) is 6.07 Å². The first kappa shape index (κ1) is 19.0. The number of benzene rings is 1. The van der Waals surface area contributed by atoms with Gasteiger partial charge in [-0.25, -0.2) is 4.79 Å². The molecule has 0 fully saturated rings. The molecule has 1 aromatic rings. The van der Waals surface area contributed by atoms with Gasteiger partial charge in [-0.1, -0.05) is 19.9 Å². The zero-order valence-electron chi connectivity index (χ0n) is 13.8. The third-order valence-electron chi connectivity index (χ3n) is 3.20. The molecule has 0 aliphatic carbocycles. The first-order valence-electron chi connectivity index (χ1n) is 7.44. The molecule has 24 heavy (non-hydrogen) atoms. The Morgan fingerprint density at radius 3 is 2.58 bits per heavy atom. The van der Waals surface area contributed by atoms with E-state index < -0.39 is 17.9 Å². The van der Waals surface area contributed by atoms with E-state index in [9.17, 15) is 14.7 Å². The molecule has 0 aliphatic heterocycles. The number of carbonyl (C=O) groups excluding carboxylic acids is 1. The number of nitriles is 1. The second-order valence-corrected chi connectivity index (χ2v) is 5.83. The number of hydrogen-bond acceptors (Lipinski definition) is 5. The van der Waals surface area contributed by atoms with Gasteiger partial charge in [0.05, 0.1) is 5.69 Å². The van der Waals surface area contributed by atoms with Gasteiger partial charge < -0.3 is 20.8 Å². The second-order valence-electron chi connectivity index (χ2n) is 5.83. The summed E-state index contributed by atoms with van der Waals surface area (Å²) in [6.07, 6.45) is 1.39. The highest BCUT2D eigenvalue weighted by molar-refractivity contribution is 5.99. The summed E-state index contributed by atoms with van der Waals surface area (Å²) >= 11 is 0. The van der Waals surface area contributed by atoms with Crippen molar-refractivity contribution in [1.82, 2.24) is 5.32 Å². The van der Waals surface area contributed by atoms with Crippen LogP contribution < -0.4 is 10.6 Å². The van der Waals surface area contributed by atoms with E-state index >= 15 is 0 Å². The van der Waals surface area contributed by atoms with Gasteiger partial charge in [0.1, 0.15) is 23.4 Å². The van der Waals surface area contributed by atoms with E-state index in [1.54, 1.807) is 18.2 Å². The number of phenols is 1. The van der Waals surface area contributed by atoms with E-state index in [4.69, 9.17) is 10.4 Å². The molecule has 0 aliphatic rings. The van der Waals surface area contributed by atoms with Crippen molar-refractivity contribution in [2.24, 2.45) is 5.92 Å². The van der Waals surface area contributed by atoms with Gasteiger partial charge in [0, 0.05) is 6.20 Å². The van der Waals surface area contributed by atoms with Gasteiger partial charge in [-0.05, 0) is 37.0 Å². The van der Waals surface area contributed by atoms with Gasteiger partial charge in [-0.2, -0.15) is 5.26 Å². The Hall–Kier alpha value is -3.01. The van der Waals surface area contributed by atoms with Gasteiger partial charge in [0.25, 0.3) is 5.91 Å². The number of aryl methyl sites for hydroxylation is 1. The Morgan fingerprint density at radius 2 is 2.04 bits per heavy atom. The first-order chi connectivity index (χ1) is 11.2. The molecule has 0 radical (unpaired) electrons. The molecule has 0 heterocycles. The molecule has 0 saturated carbocycles. The van der Waals surface area contributed by atoms with Crippen LogP contribution in [0.25, 0.3) is 0 Å². The molecular formula is C17H21N3O4. The maximum absolute atomic E-state index is 12.1. The van der Waals surface area contributed by atoms with E-state index in [2.05, 4.69) is 10.6 Å². The molecule has 1 rings (SSSR count). The molecule has 0 aromatic heterocycles. The fourth-order valence-corrected chi connectivity index (χ4v) is 1.99. The van der Waals surface area contributed by atoms with Crippen LogP contribution in [0.5, 0.6) is 5.75 Å². The maximum Gasteiger partial charge on any atom is 0.326 e. The normalized spacial score (nSPS) is 12.4. The number of nitrogens with one attached hydrogen (secondary N) is 2. The minimum absolute atomic E-state index is 0.0298. The number of carboxylic acids is 1. The number of nitrogens with zero attached hydrogens (tertiary/aromatic N) is 1. The van der Waals surface area contributed by atoms with E-state index in [0.29, 0.717) is 5.69 Å². The van der Waals surface area contributed by atoms with Crippen molar-refractivity contribution in [3.8, 4) is 11.8 Å². The van der Waals surface area contributed by atoms with Crippen molar-refractivity contribution in [2.45, 2.75) is 33.2 Å². The summed E-state index contributed by atoms with van der Waals surface area (Å²) < 4.78 is 0. The lowest BCUT2D eigenvalue weighted by atomic mass is 10.0. The van der Waals surface area contributed by atoms with Crippen LogP contribution >= 0.6 is 0 Å². The second kappa shape index (κ2) is 8.58. The third kappa shape index (κ3) is 5.65. The lowest BCUT2D eigenvalue weighted by molar-refractivity contribution is -0.141. The smallest absolute Gasteiger partial charge is 0.326 e. The third-order valence-corrected chi connectivity index (χ3v) is 3.20. The molecular weight excluding hydrogens is 310 g/mol. The minimum atomic E-state index is -1.15. The number of rotatable bonds is 7. The Labute approximate surface area is 140 Å². The fourth-order valence-electron chi connectivity index (χ4n) is 1.99. The van der Waals surface area contributed by atoms with Gasteiger partial charge in [0.2, 0.25) is 0 Å². The Morgan fingerprint density at radius 1 is 1.38 bits per heavy atom. The number of aliphatic carboxylic acids is 1. The molecule has 7 heteroatoms. The molecule has 0 spiro atoms. The molecule has 128 valence electrons. The van der Waals surface area contributed by atoms with Crippen LogP contribution in [0, 0.1) is 24.2 Å². The Bertz CT molecular complexity index is 690. The molecule has 7 nitrogen and oxygen atoms in total. The number of carboxylic acid groups (broad SMARTS) is 1. The van der Waals surface area contributed by atoms with Crippen molar-refractivity contribution >= 4 is 17.6 Å². The van der Waals surface area contributed by atoms with E-state index in [-0.39, 0.29) is 23.7 Å². The number of hydrogen-bond donors (Lipinski definition) is 4. The van der Waals surface area contributed by atoms with E-state index in [0.717, 1.165) is 11.8 Å². The quantitative estimate of drug-likeness (QED) is 0.345. The highest BCUT2D eigenvalue weighted by Crippen LogP contribution is 2.24. The monoisotopic (exact) mass is 331 g/mol. The average molecular weight is 331 g/mol. The summed E-state index contributed by atoms with van der Waals surface area (Å²) in [7, 11) is 0. The standard InChI is InChI=1S/C17H21N3O4/c1-10(2)6-14(17(23)24)20-16(22)12(8-18)9-19-13-7-11(3)4-5-15(13)21/h4-5,7,9-10,14,19,21H,6H2,1-3H3,(H,20,22)(H,23,24)/b12-9-. The average Bonchev–Trinajstić information content (AvgIpc) is 2.50. The SMILES string of the molecule is Cc1ccc(O)c(N/C=C(/C#N)C(=O)NC(CC(C)C)C(=O)O)c1. The summed E-state index contributed by atoms with van der Waals surface area (Å²) in [5.41, 5.74) is 0.938. The van der Waals surface area contributed by atoms with Crippen molar-refractivity contribution in [3.63, 3.8) is 0 Å². The summed E-state index contributed by atoms with van der Waals surface area (Å²) in [4.78, 5) is 23.3. The van der Waals surface area contributed by atoms with Crippen molar-refractivity contribution < 1.29 is 19.8 Å². The van der Waals surface area contributed by atoms with Crippen LogP contribution in [0.15, 0.2) is 30.0 Å². The number of phenolic OH excluding ortho intramolecular Hbond substituents is 1. The summed E-state index contributed by atoms with van der Waals surface area (Å²) in [5, 5.41) is 33.0. The number of amides is 1. The molecule has 0 bridgehead atoms. The summed E-state index contributed by atoms with van der Waals surface area (Å²) in [6.45, 7) is 5.51. The van der Waals surface area contributed by atoms with Gasteiger partial charge in [0.15, 0.2) is 0 Å². The maximum atomic E-state index is 12.1. The van der Waals surface area contributed by atoms with Crippen LogP contribution in [0.3, 0.4) is 0 Å². The number of carbonyl (C=O) groups is 2. The Kier molecular flexibility index (Phi) is 6.80. The predicted octanol–water partition coefficient (Wildman–Crippen LogP) is 2.14. The molecule has 4 N–H and O–H groups in total. The molecule has 1 unspecified atom stereocenters. The van der Waals surface area contributed by atoms with Crippen molar-refractivity contribution in [2.75, 3.05) is 5.32 Å². The van der Waals surface area contributed by atoms with E-state index in [1.807, 2.05) is 20.8 Å². The van der Waals surface area contributed by atoms with Crippen LogP contribution in [0.1, 0.15) is 25.8 Å². The lowest BCUT2D eigenvalue weighted by Gasteiger charge is -2.16. The largest absolute Gasteiger partial charge is 0.506 e. The predicted molar refractivity (Wildman–Crippen MR) is 89.2 cm³/mol. The van der Waals surface area contributed by atoms with Crippen molar-refractivity contribution in [3.05, 3.63) is 35.5 Å². The molecule has 1 amide bonds. The van der Waals surface area contributed by atoms with Gasteiger partial charge in [-0.3, -0.25) is 4.79 Å². The fraction of sp³-hybridized carbons (Fsp3) is 0.353. The first-order valence-corrected chi connectivity index (χ1v) is 7.44.